The van der Waals surface area contributed by atoms with Crippen LogP contribution in [0.25, 0.3) is 0 Å². The molecule has 2 aromatic rings. The maximum atomic E-state index is 6.23. The van der Waals surface area contributed by atoms with E-state index in [-0.39, 0.29) is 6.04 Å². The molecule has 20 heavy (non-hydrogen) atoms. The van der Waals surface area contributed by atoms with Crippen molar-refractivity contribution in [1.82, 2.24) is 15.3 Å². The number of benzene rings is 1. The van der Waals surface area contributed by atoms with Crippen LogP contribution in [0.3, 0.4) is 0 Å². The van der Waals surface area contributed by atoms with Crippen molar-refractivity contribution in [2.45, 2.75) is 6.04 Å². The van der Waals surface area contributed by atoms with E-state index in [1.54, 1.807) is 32.8 Å². The van der Waals surface area contributed by atoms with Crippen molar-refractivity contribution in [1.29, 1.82) is 0 Å². The molecule has 0 aliphatic carbocycles. The molecular formula is C14H16ClN3O2. The molecule has 1 heterocycles. The van der Waals surface area contributed by atoms with Crippen LogP contribution in [0, 0.1) is 0 Å². The van der Waals surface area contributed by atoms with E-state index >= 15 is 0 Å². The first-order valence-corrected chi connectivity index (χ1v) is 6.43. The molecule has 1 aromatic heterocycles. The lowest BCUT2D eigenvalue weighted by atomic mass is 10.0. The summed E-state index contributed by atoms with van der Waals surface area (Å²) in [6.07, 6.45) is 5.01. The smallest absolute Gasteiger partial charge is 0.179 e. The third kappa shape index (κ3) is 2.84. The van der Waals surface area contributed by atoms with E-state index in [2.05, 4.69) is 15.3 Å². The van der Waals surface area contributed by atoms with Gasteiger partial charge in [-0.25, -0.2) is 0 Å². The lowest BCUT2D eigenvalue weighted by Gasteiger charge is -2.18. The van der Waals surface area contributed by atoms with E-state index in [9.17, 15) is 0 Å². The number of aromatic nitrogens is 2. The van der Waals surface area contributed by atoms with E-state index in [0.29, 0.717) is 16.5 Å². The van der Waals surface area contributed by atoms with Gasteiger partial charge in [-0.1, -0.05) is 11.6 Å². The van der Waals surface area contributed by atoms with Crippen LogP contribution in [0.5, 0.6) is 11.5 Å². The van der Waals surface area contributed by atoms with Crippen molar-refractivity contribution in [2.24, 2.45) is 0 Å². The highest BCUT2D eigenvalue weighted by molar-refractivity contribution is 6.32. The van der Waals surface area contributed by atoms with Gasteiger partial charge in [0.05, 0.1) is 37.2 Å². The summed E-state index contributed by atoms with van der Waals surface area (Å²) in [4.78, 5) is 8.40. The van der Waals surface area contributed by atoms with Crippen molar-refractivity contribution in [3.63, 3.8) is 0 Å². The number of methoxy groups -OCH3 is 2. The quantitative estimate of drug-likeness (QED) is 0.918. The highest BCUT2D eigenvalue weighted by Gasteiger charge is 2.18. The van der Waals surface area contributed by atoms with Crippen molar-refractivity contribution in [3.8, 4) is 11.5 Å². The first kappa shape index (κ1) is 14.6. The average molecular weight is 294 g/mol. The number of hydrogen-bond donors (Lipinski definition) is 1. The monoisotopic (exact) mass is 293 g/mol. The Balaban J connectivity index is 2.48. The largest absolute Gasteiger partial charge is 0.493 e. The fourth-order valence-electron chi connectivity index (χ4n) is 2.05. The number of nitrogens with zero attached hydrogens (tertiary/aromatic N) is 2. The summed E-state index contributed by atoms with van der Waals surface area (Å²) in [6.45, 7) is 0. The van der Waals surface area contributed by atoms with Gasteiger partial charge in [-0.2, -0.15) is 0 Å². The Morgan fingerprint density at radius 2 is 2.00 bits per heavy atom. The van der Waals surface area contributed by atoms with Gasteiger partial charge in [0.1, 0.15) is 0 Å². The van der Waals surface area contributed by atoms with Gasteiger partial charge in [0.15, 0.2) is 11.5 Å². The van der Waals surface area contributed by atoms with Crippen LogP contribution in [-0.2, 0) is 0 Å². The maximum absolute atomic E-state index is 6.23. The second-order valence-electron chi connectivity index (χ2n) is 4.09. The van der Waals surface area contributed by atoms with Crippen LogP contribution in [-0.4, -0.2) is 31.2 Å². The third-order valence-corrected chi connectivity index (χ3v) is 3.24. The van der Waals surface area contributed by atoms with Crippen LogP contribution >= 0.6 is 11.6 Å². The minimum atomic E-state index is -0.124. The second kappa shape index (κ2) is 6.54. The number of ether oxygens (including phenoxy) is 2. The minimum absolute atomic E-state index is 0.124. The molecule has 0 saturated heterocycles. The molecule has 5 nitrogen and oxygen atoms in total. The van der Waals surface area contributed by atoms with Crippen molar-refractivity contribution < 1.29 is 9.47 Å². The molecule has 1 N–H and O–H groups in total. The van der Waals surface area contributed by atoms with E-state index < -0.39 is 0 Å². The number of halogens is 1. The van der Waals surface area contributed by atoms with Crippen LogP contribution in [0.15, 0.2) is 30.7 Å². The molecule has 0 amide bonds. The van der Waals surface area contributed by atoms with Crippen LogP contribution in [0.4, 0.5) is 0 Å². The Labute approximate surface area is 122 Å². The zero-order chi connectivity index (χ0) is 14.5. The molecule has 6 heteroatoms. The molecule has 0 fully saturated rings. The minimum Gasteiger partial charge on any atom is -0.493 e. The van der Waals surface area contributed by atoms with Gasteiger partial charge >= 0.3 is 0 Å². The van der Waals surface area contributed by atoms with Crippen molar-refractivity contribution in [2.75, 3.05) is 21.3 Å². The summed E-state index contributed by atoms with van der Waals surface area (Å²) in [5, 5.41) is 3.68. The highest BCUT2D eigenvalue weighted by atomic mass is 35.5. The first-order valence-electron chi connectivity index (χ1n) is 6.05. The van der Waals surface area contributed by atoms with Gasteiger partial charge in [0, 0.05) is 12.4 Å². The normalized spacial score (nSPS) is 12.0. The standard InChI is InChI=1S/C14H16ClN3O2/c1-16-13(11-8-17-4-5-18-11)9-6-10(15)14(20-3)12(7-9)19-2/h4-8,13,16H,1-3H3. The fraction of sp³-hybridized carbons (Fsp3) is 0.286. The predicted molar refractivity (Wildman–Crippen MR) is 77.5 cm³/mol. The fourth-order valence-corrected chi connectivity index (χ4v) is 2.35. The van der Waals surface area contributed by atoms with E-state index in [0.717, 1.165) is 11.3 Å². The van der Waals surface area contributed by atoms with Gasteiger partial charge in [-0.15, -0.1) is 0 Å². The Kier molecular flexibility index (Phi) is 4.76. The van der Waals surface area contributed by atoms with Gasteiger partial charge < -0.3 is 14.8 Å². The summed E-state index contributed by atoms with van der Waals surface area (Å²) in [5.74, 6) is 1.10. The lowest BCUT2D eigenvalue weighted by Crippen LogP contribution is -2.19. The summed E-state index contributed by atoms with van der Waals surface area (Å²) < 4.78 is 10.6. The first-order chi connectivity index (χ1) is 9.71. The Bertz CT molecular complexity index is 578. The molecule has 1 atom stereocenters. The molecule has 0 spiro atoms. The third-order valence-electron chi connectivity index (χ3n) is 2.96. The molecule has 106 valence electrons. The zero-order valence-corrected chi connectivity index (χ0v) is 12.3. The molecular weight excluding hydrogens is 278 g/mol. The van der Waals surface area contributed by atoms with Gasteiger partial charge in [-0.05, 0) is 24.7 Å². The number of rotatable bonds is 5. The Hall–Kier alpha value is -1.85. The maximum Gasteiger partial charge on any atom is 0.179 e. The van der Waals surface area contributed by atoms with Crippen LogP contribution in [0.2, 0.25) is 5.02 Å². The zero-order valence-electron chi connectivity index (χ0n) is 11.6. The molecule has 1 aromatic carbocycles. The Morgan fingerprint density at radius 3 is 2.55 bits per heavy atom. The van der Waals surface area contributed by atoms with Crippen LogP contribution < -0.4 is 14.8 Å². The molecule has 0 radical (unpaired) electrons. The molecule has 0 aliphatic heterocycles. The van der Waals surface area contributed by atoms with E-state index in [4.69, 9.17) is 21.1 Å². The molecule has 0 bridgehead atoms. The summed E-state index contributed by atoms with van der Waals surface area (Å²) in [6, 6.07) is 3.58. The van der Waals surface area contributed by atoms with E-state index in [1.807, 2.05) is 19.2 Å². The molecule has 0 aliphatic rings. The van der Waals surface area contributed by atoms with Gasteiger partial charge in [0.2, 0.25) is 0 Å². The number of hydrogen-bond acceptors (Lipinski definition) is 5. The lowest BCUT2D eigenvalue weighted by molar-refractivity contribution is 0.354. The number of nitrogens with one attached hydrogen (secondary N) is 1. The Morgan fingerprint density at radius 1 is 1.20 bits per heavy atom. The van der Waals surface area contributed by atoms with E-state index in [1.165, 1.54) is 0 Å². The molecule has 0 saturated carbocycles. The van der Waals surface area contributed by atoms with Gasteiger partial charge in [-0.3, -0.25) is 9.97 Å². The van der Waals surface area contributed by atoms with Crippen LogP contribution in [0.1, 0.15) is 17.3 Å². The SMILES string of the molecule is CNC(c1cc(Cl)c(OC)c(OC)c1)c1cnccn1. The molecule has 1 unspecified atom stereocenters. The van der Waals surface area contributed by atoms with Gasteiger partial charge in [0.25, 0.3) is 0 Å². The topological polar surface area (TPSA) is 56.3 Å². The second-order valence-corrected chi connectivity index (χ2v) is 4.50. The average Bonchev–Trinajstić information content (AvgIpc) is 2.48. The molecule has 2 rings (SSSR count). The summed E-state index contributed by atoms with van der Waals surface area (Å²) >= 11 is 6.23. The van der Waals surface area contributed by atoms with Crippen molar-refractivity contribution >= 4 is 11.6 Å². The summed E-state index contributed by atoms with van der Waals surface area (Å²) in [5.41, 5.74) is 1.73. The predicted octanol–water partition coefficient (Wildman–Crippen LogP) is 2.46. The van der Waals surface area contributed by atoms with Crippen molar-refractivity contribution in [3.05, 3.63) is 47.0 Å². The summed E-state index contributed by atoms with van der Waals surface area (Å²) in [7, 11) is 4.99. The highest BCUT2D eigenvalue weighted by Crippen LogP contribution is 2.38.